The first kappa shape index (κ1) is 49.9. The van der Waals surface area contributed by atoms with Gasteiger partial charge in [0.15, 0.2) is 0 Å². The molecule has 3 aliphatic heterocycles. The standard InChI is InChI=1S/C26H54.C24H48N2/c1-3-5-7-9-11-13-15-17-19-21-23-25-26-24-22-20-18-16-14-12-10-8-6-4-2;1-2-8-14-20-26-23-17-11-5-3-9-15-21-25(19-13-7-1)22-16-10-4-6-12-18-24-26/h3-26H2,1-2H3;1-24H2. The first-order chi connectivity index (χ1) is 25.9. The number of fused-ring (bicyclic) bond motifs is 21. The Morgan fingerprint density at radius 1 is 0.192 bits per heavy atom. The lowest BCUT2D eigenvalue weighted by Crippen LogP contribution is -2.28. The van der Waals surface area contributed by atoms with Crippen LogP contribution in [0, 0.1) is 0 Å². The van der Waals surface area contributed by atoms with Gasteiger partial charge in [-0.1, -0.05) is 245 Å². The van der Waals surface area contributed by atoms with Crippen molar-refractivity contribution in [1.29, 1.82) is 0 Å². The molecule has 0 spiro atoms. The molecular weight excluding hydrogens is 629 g/mol. The van der Waals surface area contributed by atoms with E-state index in [1.807, 2.05) is 0 Å². The van der Waals surface area contributed by atoms with Crippen LogP contribution in [0.3, 0.4) is 0 Å². The molecule has 52 heavy (non-hydrogen) atoms. The Hall–Kier alpha value is -0.0800. The van der Waals surface area contributed by atoms with Gasteiger partial charge in [0.25, 0.3) is 0 Å². The predicted octanol–water partition coefficient (Wildman–Crippen LogP) is 17.0. The van der Waals surface area contributed by atoms with Gasteiger partial charge in [0.2, 0.25) is 0 Å². The highest BCUT2D eigenvalue weighted by Gasteiger charge is 2.08. The molecule has 2 nitrogen and oxygen atoms in total. The summed E-state index contributed by atoms with van der Waals surface area (Å²) < 4.78 is 0. The SMILES string of the molecule is C1CCCCN2CCCCCCCCN(CCC1)CCCCCCCC2.CCCCCCCCCCCCCCCCCCCCCCCCCC. The summed E-state index contributed by atoms with van der Waals surface area (Å²) in [6.45, 7) is 12.8. The quantitative estimate of drug-likeness (QED) is 0.0966. The topological polar surface area (TPSA) is 6.48 Å². The highest BCUT2D eigenvalue weighted by molar-refractivity contribution is 4.64. The summed E-state index contributed by atoms with van der Waals surface area (Å²) >= 11 is 0. The fourth-order valence-electron chi connectivity index (χ4n) is 8.84. The number of nitrogens with zero attached hydrogens (tertiary/aromatic N) is 2. The number of hydrogen-bond acceptors (Lipinski definition) is 2. The lowest BCUT2D eigenvalue weighted by Gasteiger charge is -2.24. The van der Waals surface area contributed by atoms with E-state index in [2.05, 4.69) is 23.6 Å². The van der Waals surface area contributed by atoms with E-state index in [1.54, 1.807) is 0 Å². The van der Waals surface area contributed by atoms with Gasteiger partial charge >= 0.3 is 0 Å². The van der Waals surface area contributed by atoms with Gasteiger partial charge in [-0.3, -0.25) is 0 Å². The van der Waals surface area contributed by atoms with Crippen molar-refractivity contribution < 1.29 is 0 Å². The van der Waals surface area contributed by atoms with Crippen LogP contribution in [0.5, 0.6) is 0 Å². The molecule has 2 bridgehead atoms. The first-order valence-electron chi connectivity index (χ1n) is 25.3. The van der Waals surface area contributed by atoms with Crippen LogP contribution in [0.25, 0.3) is 0 Å². The minimum atomic E-state index is 1.37. The molecular formula is C50H102N2. The van der Waals surface area contributed by atoms with Gasteiger partial charge in [0, 0.05) is 0 Å². The van der Waals surface area contributed by atoms with Gasteiger partial charge < -0.3 is 9.80 Å². The average Bonchev–Trinajstić information content (AvgIpc) is 3.15. The van der Waals surface area contributed by atoms with Gasteiger partial charge in [-0.15, -0.1) is 0 Å². The second-order valence-electron chi connectivity index (χ2n) is 17.8. The molecule has 2 heteroatoms. The minimum absolute atomic E-state index is 1.37. The van der Waals surface area contributed by atoms with Crippen LogP contribution in [0.1, 0.15) is 284 Å². The molecule has 3 saturated heterocycles. The Morgan fingerprint density at radius 2 is 0.327 bits per heavy atom. The fraction of sp³-hybridized carbons (Fsp3) is 1.00. The van der Waals surface area contributed by atoms with Gasteiger partial charge in [0.05, 0.1) is 0 Å². The molecule has 0 aromatic rings. The second-order valence-corrected chi connectivity index (χ2v) is 17.8. The van der Waals surface area contributed by atoms with Crippen molar-refractivity contribution in [2.75, 3.05) is 39.3 Å². The minimum Gasteiger partial charge on any atom is -0.303 e. The maximum absolute atomic E-state index is 2.81. The van der Waals surface area contributed by atoms with E-state index in [0.717, 1.165) is 0 Å². The largest absolute Gasteiger partial charge is 0.303 e. The van der Waals surface area contributed by atoms with E-state index >= 15 is 0 Å². The molecule has 0 saturated carbocycles. The Morgan fingerprint density at radius 3 is 0.481 bits per heavy atom. The van der Waals surface area contributed by atoms with Gasteiger partial charge in [-0.05, 0) is 77.8 Å². The molecule has 0 radical (unpaired) electrons. The zero-order valence-electron chi connectivity index (χ0n) is 36.8. The van der Waals surface area contributed by atoms with Crippen LogP contribution in [-0.2, 0) is 0 Å². The van der Waals surface area contributed by atoms with Gasteiger partial charge in [-0.25, -0.2) is 0 Å². The normalized spacial score (nSPS) is 20.9. The van der Waals surface area contributed by atoms with Crippen molar-refractivity contribution in [2.24, 2.45) is 0 Å². The third-order valence-corrected chi connectivity index (χ3v) is 12.6. The number of rotatable bonds is 23. The number of unbranched alkanes of at least 4 members (excludes halogenated alkanes) is 23. The average molecular weight is 731 g/mol. The maximum atomic E-state index is 2.81. The zero-order chi connectivity index (χ0) is 37.1. The lowest BCUT2D eigenvalue weighted by molar-refractivity contribution is 0.243. The molecule has 0 N–H and O–H groups in total. The van der Waals surface area contributed by atoms with Crippen LogP contribution in [0.15, 0.2) is 0 Å². The van der Waals surface area contributed by atoms with E-state index < -0.39 is 0 Å². The Balaban J connectivity index is 0.000000520. The number of hydrogen-bond donors (Lipinski definition) is 0. The lowest BCUT2D eigenvalue weighted by atomic mass is 10.0. The summed E-state index contributed by atoms with van der Waals surface area (Å²) in [5, 5.41) is 0. The summed E-state index contributed by atoms with van der Waals surface area (Å²) in [6.07, 6.45) is 61.6. The molecule has 312 valence electrons. The van der Waals surface area contributed by atoms with E-state index in [0.29, 0.717) is 0 Å². The van der Waals surface area contributed by atoms with E-state index in [1.165, 1.54) is 309 Å². The fourth-order valence-corrected chi connectivity index (χ4v) is 8.84. The van der Waals surface area contributed by atoms with Crippen molar-refractivity contribution in [1.82, 2.24) is 9.80 Å². The predicted molar refractivity (Wildman–Crippen MR) is 238 cm³/mol. The Kier molecular flexibility index (Phi) is 41.9. The van der Waals surface area contributed by atoms with Gasteiger partial charge in [-0.2, -0.15) is 0 Å². The van der Waals surface area contributed by atoms with E-state index in [-0.39, 0.29) is 0 Å². The summed E-state index contributed by atoms with van der Waals surface area (Å²) in [6, 6.07) is 0. The molecule has 3 heterocycles. The Labute approximate surface area is 331 Å². The summed E-state index contributed by atoms with van der Waals surface area (Å²) in [4.78, 5) is 5.62. The summed E-state index contributed by atoms with van der Waals surface area (Å²) in [5.74, 6) is 0. The zero-order valence-corrected chi connectivity index (χ0v) is 36.8. The maximum Gasteiger partial charge on any atom is -0.00187 e. The molecule has 0 aliphatic carbocycles. The third kappa shape index (κ3) is 38.2. The molecule has 0 aromatic heterocycles. The van der Waals surface area contributed by atoms with Crippen molar-refractivity contribution in [3.05, 3.63) is 0 Å². The highest BCUT2D eigenvalue weighted by atomic mass is 15.1. The van der Waals surface area contributed by atoms with Crippen LogP contribution in [-0.4, -0.2) is 49.1 Å². The van der Waals surface area contributed by atoms with E-state index in [9.17, 15) is 0 Å². The molecule has 0 aromatic carbocycles. The van der Waals surface area contributed by atoms with E-state index in [4.69, 9.17) is 0 Å². The summed E-state index contributed by atoms with van der Waals surface area (Å²) in [7, 11) is 0. The monoisotopic (exact) mass is 731 g/mol. The molecule has 0 unspecified atom stereocenters. The summed E-state index contributed by atoms with van der Waals surface area (Å²) in [5.41, 5.74) is 0. The molecule has 0 amide bonds. The third-order valence-electron chi connectivity index (χ3n) is 12.6. The van der Waals surface area contributed by atoms with Crippen molar-refractivity contribution >= 4 is 0 Å². The Bertz CT molecular complexity index is 532. The molecule has 3 aliphatic rings. The molecule has 3 rings (SSSR count). The van der Waals surface area contributed by atoms with Crippen molar-refractivity contribution in [3.8, 4) is 0 Å². The van der Waals surface area contributed by atoms with Crippen LogP contribution >= 0.6 is 0 Å². The second kappa shape index (κ2) is 43.6. The smallest absolute Gasteiger partial charge is 0.00187 e. The highest BCUT2D eigenvalue weighted by Crippen LogP contribution is 2.17. The van der Waals surface area contributed by atoms with Crippen LogP contribution < -0.4 is 0 Å². The molecule has 3 fully saturated rings. The van der Waals surface area contributed by atoms with Crippen molar-refractivity contribution in [2.45, 2.75) is 284 Å². The van der Waals surface area contributed by atoms with Gasteiger partial charge in [0.1, 0.15) is 0 Å². The van der Waals surface area contributed by atoms with Crippen molar-refractivity contribution in [3.63, 3.8) is 0 Å². The van der Waals surface area contributed by atoms with Crippen LogP contribution in [0.4, 0.5) is 0 Å². The first-order valence-corrected chi connectivity index (χ1v) is 25.3. The van der Waals surface area contributed by atoms with Crippen LogP contribution in [0.2, 0.25) is 0 Å². The molecule has 0 atom stereocenters.